The molecule has 1 aromatic rings. The molecule has 0 aromatic heterocycles. The van der Waals surface area contributed by atoms with Crippen molar-refractivity contribution in [3.05, 3.63) is 35.9 Å². The van der Waals surface area contributed by atoms with Crippen LogP contribution in [0.15, 0.2) is 30.3 Å². The molecule has 0 amide bonds. The smallest absolute Gasteiger partial charge is 0.323 e. The molecular weight excluding hydrogens is 226 g/mol. The molecule has 0 unspecified atom stereocenters. The molecule has 4 heteroatoms. The fourth-order valence-corrected chi connectivity index (χ4v) is 1.41. The van der Waals surface area contributed by atoms with Gasteiger partial charge in [-0.2, -0.15) is 0 Å². The molecule has 0 aliphatic heterocycles. The Labute approximate surface area is 102 Å². The first kappa shape index (κ1) is 14.9. The number of halogens is 1. The second-order valence-electron chi connectivity index (χ2n) is 3.48. The molecule has 16 heavy (non-hydrogen) atoms. The van der Waals surface area contributed by atoms with Crippen LogP contribution in [0.2, 0.25) is 0 Å². The molecule has 0 fully saturated rings. The minimum Gasteiger partial charge on any atom is -0.465 e. The van der Waals surface area contributed by atoms with E-state index in [0.29, 0.717) is 6.61 Å². The highest BCUT2D eigenvalue weighted by Crippen LogP contribution is 2.18. The van der Waals surface area contributed by atoms with Crippen molar-refractivity contribution >= 4 is 18.4 Å². The van der Waals surface area contributed by atoms with Crippen LogP contribution in [0.4, 0.5) is 0 Å². The lowest BCUT2D eigenvalue weighted by Gasteiger charge is -2.18. The predicted octanol–water partition coefficient (Wildman–Crippen LogP) is 2.10. The minimum absolute atomic E-state index is 0. The molecule has 2 N–H and O–H groups in total. The van der Waals surface area contributed by atoms with E-state index in [1.165, 1.54) is 0 Å². The van der Waals surface area contributed by atoms with Gasteiger partial charge in [0, 0.05) is 5.92 Å². The number of rotatable bonds is 4. The molecule has 0 aliphatic carbocycles. The Kier molecular flexibility index (Phi) is 6.77. The zero-order valence-electron chi connectivity index (χ0n) is 9.55. The highest BCUT2D eigenvalue weighted by molar-refractivity contribution is 5.85. The molecule has 0 saturated carbocycles. The Morgan fingerprint density at radius 1 is 1.38 bits per heavy atom. The molecule has 2 atom stereocenters. The van der Waals surface area contributed by atoms with Crippen LogP contribution < -0.4 is 5.73 Å². The summed E-state index contributed by atoms with van der Waals surface area (Å²) in [5.41, 5.74) is 6.86. The van der Waals surface area contributed by atoms with Gasteiger partial charge in [0.2, 0.25) is 0 Å². The van der Waals surface area contributed by atoms with Crippen molar-refractivity contribution < 1.29 is 9.53 Å². The molecule has 0 radical (unpaired) electrons. The third-order valence-electron chi connectivity index (χ3n) is 2.42. The summed E-state index contributed by atoms with van der Waals surface area (Å²) >= 11 is 0. The summed E-state index contributed by atoms with van der Waals surface area (Å²) in [6, 6.07) is 9.14. The average molecular weight is 244 g/mol. The van der Waals surface area contributed by atoms with Crippen LogP contribution in [0.1, 0.15) is 25.3 Å². The third kappa shape index (κ3) is 3.83. The molecule has 0 aliphatic rings. The first-order valence-electron chi connectivity index (χ1n) is 5.14. The second kappa shape index (κ2) is 7.25. The molecule has 0 saturated heterocycles. The molecule has 3 nitrogen and oxygen atoms in total. The van der Waals surface area contributed by atoms with Gasteiger partial charge in [-0.1, -0.05) is 37.3 Å². The van der Waals surface area contributed by atoms with Crippen molar-refractivity contribution in [1.82, 2.24) is 0 Å². The average Bonchev–Trinajstić information content (AvgIpc) is 2.28. The number of ether oxygens (including phenoxy) is 1. The summed E-state index contributed by atoms with van der Waals surface area (Å²) in [7, 11) is 0. The summed E-state index contributed by atoms with van der Waals surface area (Å²) in [5, 5.41) is 0. The fraction of sp³-hybridized carbons (Fsp3) is 0.417. The maximum atomic E-state index is 11.4. The van der Waals surface area contributed by atoms with E-state index in [1.807, 2.05) is 37.3 Å². The van der Waals surface area contributed by atoms with Crippen LogP contribution in [0.5, 0.6) is 0 Å². The first-order chi connectivity index (χ1) is 7.16. The molecule has 0 spiro atoms. The van der Waals surface area contributed by atoms with Crippen LogP contribution in [0.25, 0.3) is 0 Å². The zero-order chi connectivity index (χ0) is 11.3. The summed E-state index contributed by atoms with van der Waals surface area (Å²) in [6.07, 6.45) is 0. The van der Waals surface area contributed by atoms with Gasteiger partial charge in [-0.05, 0) is 12.5 Å². The standard InChI is InChI=1S/C12H17NO2.ClH/c1-3-15-12(14)11(13)9(2)10-7-5-4-6-8-10;/h4-9,11H,3,13H2,1-2H3;1H/t9-,11-;/m1./s1. The SMILES string of the molecule is CCOC(=O)[C@H](N)[C@H](C)c1ccccc1.Cl. The van der Waals surface area contributed by atoms with Crippen LogP contribution in [0, 0.1) is 0 Å². The lowest BCUT2D eigenvalue weighted by Crippen LogP contribution is -2.37. The van der Waals surface area contributed by atoms with Crippen molar-refractivity contribution in [3.8, 4) is 0 Å². The predicted molar refractivity (Wildman–Crippen MR) is 66.7 cm³/mol. The van der Waals surface area contributed by atoms with Gasteiger partial charge in [0.05, 0.1) is 6.61 Å². The quantitative estimate of drug-likeness (QED) is 0.824. The monoisotopic (exact) mass is 243 g/mol. The lowest BCUT2D eigenvalue weighted by molar-refractivity contribution is -0.145. The van der Waals surface area contributed by atoms with E-state index < -0.39 is 6.04 Å². The number of carbonyl (C=O) groups is 1. The maximum absolute atomic E-state index is 11.4. The van der Waals surface area contributed by atoms with E-state index >= 15 is 0 Å². The lowest BCUT2D eigenvalue weighted by atomic mass is 9.94. The normalized spacial score (nSPS) is 13.4. The van der Waals surface area contributed by atoms with Crippen molar-refractivity contribution in [2.75, 3.05) is 6.61 Å². The highest BCUT2D eigenvalue weighted by Gasteiger charge is 2.22. The van der Waals surface area contributed by atoms with Crippen LogP contribution in [-0.2, 0) is 9.53 Å². The van der Waals surface area contributed by atoms with Gasteiger partial charge in [-0.3, -0.25) is 4.79 Å². The summed E-state index contributed by atoms with van der Waals surface area (Å²) in [5.74, 6) is -0.362. The van der Waals surface area contributed by atoms with Crippen LogP contribution >= 0.6 is 12.4 Å². The van der Waals surface area contributed by atoms with Gasteiger partial charge in [0.15, 0.2) is 0 Å². The summed E-state index contributed by atoms with van der Waals surface area (Å²) < 4.78 is 4.88. The van der Waals surface area contributed by atoms with Crippen molar-refractivity contribution in [1.29, 1.82) is 0 Å². The minimum atomic E-state index is -0.590. The third-order valence-corrected chi connectivity index (χ3v) is 2.42. The number of benzene rings is 1. The summed E-state index contributed by atoms with van der Waals surface area (Å²) in [4.78, 5) is 11.4. The van der Waals surface area contributed by atoms with Gasteiger partial charge in [-0.25, -0.2) is 0 Å². The number of hydrogen-bond donors (Lipinski definition) is 1. The molecule has 1 rings (SSSR count). The fourth-order valence-electron chi connectivity index (χ4n) is 1.41. The molecule has 0 bridgehead atoms. The Bertz CT molecular complexity index is 316. The van der Waals surface area contributed by atoms with Crippen LogP contribution in [0.3, 0.4) is 0 Å². The van der Waals surface area contributed by atoms with E-state index in [1.54, 1.807) is 6.92 Å². The maximum Gasteiger partial charge on any atom is 0.323 e. The Morgan fingerprint density at radius 3 is 2.44 bits per heavy atom. The zero-order valence-corrected chi connectivity index (χ0v) is 10.4. The van der Waals surface area contributed by atoms with E-state index in [0.717, 1.165) is 5.56 Å². The Morgan fingerprint density at radius 2 is 1.94 bits per heavy atom. The topological polar surface area (TPSA) is 52.3 Å². The van der Waals surface area contributed by atoms with Gasteiger partial charge < -0.3 is 10.5 Å². The number of hydrogen-bond acceptors (Lipinski definition) is 3. The number of esters is 1. The van der Waals surface area contributed by atoms with E-state index in [-0.39, 0.29) is 24.3 Å². The van der Waals surface area contributed by atoms with Gasteiger partial charge >= 0.3 is 5.97 Å². The summed E-state index contributed by atoms with van der Waals surface area (Å²) in [6.45, 7) is 4.07. The van der Waals surface area contributed by atoms with E-state index in [4.69, 9.17) is 10.5 Å². The van der Waals surface area contributed by atoms with Gasteiger partial charge in [0.1, 0.15) is 6.04 Å². The molecular formula is C12H18ClNO2. The van der Waals surface area contributed by atoms with Gasteiger partial charge in [-0.15, -0.1) is 12.4 Å². The Hall–Kier alpha value is -1.06. The van der Waals surface area contributed by atoms with E-state index in [9.17, 15) is 4.79 Å². The molecule has 0 heterocycles. The molecule has 1 aromatic carbocycles. The van der Waals surface area contributed by atoms with E-state index in [2.05, 4.69) is 0 Å². The van der Waals surface area contributed by atoms with Crippen molar-refractivity contribution in [2.45, 2.75) is 25.8 Å². The van der Waals surface area contributed by atoms with Gasteiger partial charge in [0.25, 0.3) is 0 Å². The van der Waals surface area contributed by atoms with Crippen molar-refractivity contribution in [2.24, 2.45) is 5.73 Å². The Balaban J connectivity index is 0.00000225. The largest absolute Gasteiger partial charge is 0.465 e. The molecule has 90 valence electrons. The van der Waals surface area contributed by atoms with Crippen molar-refractivity contribution in [3.63, 3.8) is 0 Å². The first-order valence-corrected chi connectivity index (χ1v) is 5.14. The number of nitrogens with two attached hydrogens (primary N) is 1. The second-order valence-corrected chi connectivity index (χ2v) is 3.48. The van der Waals surface area contributed by atoms with Crippen LogP contribution in [-0.4, -0.2) is 18.6 Å². The number of carbonyl (C=O) groups excluding carboxylic acids is 1. The highest BCUT2D eigenvalue weighted by atomic mass is 35.5.